The minimum atomic E-state index is -3.60. The number of aryl methyl sites for hydroxylation is 1. The van der Waals surface area contributed by atoms with Gasteiger partial charge in [-0.3, -0.25) is 4.40 Å². The summed E-state index contributed by atoms with van der Waals surface area (Å²) in [7, 11) is -3.60. The van der Waals surface area contributed by atoms with Gasteiger partial charge in [-0.25, -0.2) is 13.4 Å². The monoisotopic (exact) mass is 404 g/mol. The van der Waals surface area contributed by atoms with Crippen molar-refractivity contribution in [1.82, 2.24) is 13.7 Å². The van der Waals surface area contributed by atoms with Crippen LogP contribution in [0.2, 0.25) is 0 Å². The fourth-order valence-electron chi connectivity index (χ4n) is 3.53. The topological polar surface area (TPSA) is 57.9 Å². The van der Waals surface area contributed by atoms with Gasteiger partial charge < -0.3 is 4.90 Å². The Bertz CT molecular complexity index is 1050. The van der Waals surface area contributed by atoms with Gasteiger partial charge in [-0.15, -0.1) is 11.3 Å². The van der Waals surface area contributed by atoms with Crippen molar-refractivity contribution in [2.24, 2.45) is 0 Å². The number of benzene rings is 1. The molecule has 0 bridgehead atoms. The minimum absolute atomic E-state index is 0.0489. The van der Waals surface area contributed by atoms with Gasteiger partial charge in [0.05, 0.1) is 5.69 Å². The predicted molar refractivity (Wildman–Crippen MR) is 109 cm³/mol. The molecule has 144 valence electrons. The Labute approximate surface area is 164 Å². The minimum Gasteiger partial charge on any atom is -0.369 e. The van der Waals surface area contributed by atoms with Crippen molar-refractivity contribution in [1.29, 1.82) is 0 Å². The van der Waals surface area contributed by atoms with Gasteiger partial charge in [0.2, 0.25) is 0 Å². The Morgan fingerprint density at radius 2 is 1.74 bits per heavy atom. The Kier molecular flexibility index (Phi) is 4.73. The van der Waals surface area contributed by atoms with E-state index in [0.717, 1.165) is 15.5 Å². The van der Waals surface area contributed by atoms with Crippen molar-refractivity contribution >= 4 is 32.0 Å². The van der Waals surface area contributed by atoms with Crippen molar-refractivity contribution in [2.45, 2.75) is 31.7 Å². The molecule has 4 rings (SSSR count). The molecule has 1 aliphatic heterocycles. The molecular formula is C19H24N4O2S2. The maximum absolute atomic E-state index is 13.5. The second-order valence-corrected chi connectivity index (χ2v) is 10.2. The standard InChI is InChI=1S/C19H24N4O2S2/c1-14(2)17-18(23-13-15(3)26-19(23)20-17)27(24,25)22-11-9-21(10-12-22)16-7-5-4-6-8-16/h4-8,13-14H,9-12H2,1-3H3. The second kappa shape index (κ2) is 6.92. The number of sulfonamides is 1. The predicted octanol–water partition coefficient (Wildman–Crippen LogP) is 3.34. The highest BCUT2D eigenvalue weighted by atomic mass is 32.2. The summed E-state index contributed by atoms with van der Waals surface area (Å²) in [5, 5.41) is 0.338. The molecule has 1 saturated heterocycles. The fourth-order valence-corrected chi connectivity index (χ4v) is 6.25. The molecular weight excluding hydrogens is 380 g/mol. The lowest BCUT2D eigenvalue weighted by Gasteiger charge is -2.35. The van der Waals surface area contributed by atoms with Crippen LogP contribution >= 0.6 is 11.3 Å². The number of hydrogen-bond acceptors (Lipinski definition) is 5. The first-order valence-electron chi connectivity index (χ1n) is 9.16. The molecule has 27 heavy (non-hydrogen) atoms. The van der Waals surface area contributed by atoms with Gasteiger partial charge >= 0.3 is 0 Å². The van der Waals surface area contributed by atoms with E-state index in [-0.39, 0.29) is 5.92 Å². The van der Waals surface area contributed by atoms with Crippen LogP contribution < -0.4 is 4.90 Å². The smallest absolute Gasteiger partial charge is 0.261 e. The number of anilines is 1. The molecule has 3 aromatic rings. The zero-order chi connectivity index (χ0) is 19.2. The molecule has 0 unspecified atom stereocenters. The van der Waals surface area contributed by atoms with Crippen LogP contribution in [0.5, 0.6) is 0 Å². The summed E-state index contributed by atoms with van der Waals surface area (Å²) in [4.78, 5) is 8.66. The lowest BCUT2D eigenvalue weighted by atomic mass is 10.2. The van der Waals surface area contributed by atoms with Crippen LogP contribution in [0.25, 0.3) is 4.96 Å². The summed E-state index contributed by atoms with van der Waals surface area (Å²) in [5.74, 6) is 0.0489. The Hall–Kier alpha value is -1.90. The van der Waals surface area contributed by atoms with Crippen LogP contribution in [0, 0.1) is 6.92 Å². The molecule has 2 aromatic heterocycles. The van der Waals surface area contributed by atoms with Crippen LogP contribution in [0.15, 0.2) is 41.6 Å². The fraction of sp³-hybridized carbons (Fsp3) is 0.421. The quantitative estimate of drug-likeness (QED) is 0.669. The number of aromatic nitrogens is 2. The van der Waals surface area contributed by atoms with E-state index in [2.05, 4.69) is 22.0 Å². The van der Waals surface area contributed by atoms with Crippen LogP contribution in [0.1, 0.15) is 30.3 Å². The van der Waals surface area contributed by atoms with Crippen molar-refractivity contribution in [3.63, 3.8) is 0 Å². The lowest BCUT2D eigenvalue weighted by molar-refractivity contribution is 0.382. The summed E-state index contributed by atoms with van der Waals surface area (Å²) in [5.41, 5.74) is 1.80. The van der Waals surface area contributed by atoms with Gasteiger partial charge in [0.1, 0.15) is 0 Å². The number of piperazine rings is 1. The van der Waals surface area contributed by atoms with Gasteiger partial charge in [0.15, 0.2) is 9.99 Å². The first-order chi connectivity index (χ1) is 12.9. The summed E-state index contributed by atoms with van der Waals surface area (Å²) in [6, 6.07) is 10.1. The number of rotatable bonds is 4. The number of nitrogens with zero attached hydrogens (tertiary/aromatic N) is 4. The van der Waals surface area contributed by atoms with E-state index in [1.165, 1.54) is 11.3 Å². The molecule has 0 saturated carbocycles. The number of imidazole rings is 1. The zero-order valence-corrected chi connectivity index (χ0v) is 17.4. The molecule has 8 heteroatoms. The van der Waals surface area contributed by atoms with Gasteiger partial charge in [0.25, 0.3) is 10.0 Å². The molecule has 0 spiro atoms. The number of fused-ring (bicyclic) bond motifs is 1. The van der Waals surface area contributed by atoms with E-state index in [4.69, 9.17) is 0 Å². The van der Waals surface area contributed by atoms with Crippen molar-refractivity contribution in [2.75, 3.05) is 31.1 Å². The molecule has 3 heterocycles. The summed E-state index contributed by atoms with van der Waals surface area (Å²) < 4.78 is 30.3. The maximum atomic E-state index is 13.5. The van der Waals surface area contributed by atoms with E-state index < -0.39 is 10.0 Å². The third kappa shape index (κ3) is 3.26. The largest absolute Gasteiger partial charge is 0.369 e. The highest BCUT2D eigenvalue weighted by Crippen LogP contribution is 2.31. The SMILES string of the molecule is Cc1cn2c(S(=O)(=O)N3CCN(c4ccccc4)CC3)c(C(C)C)nc2s1. The molecule has 1 aromatic carbocycles. The summed E-state index contributed by atoms with van der Waals surface area (Å²) in [6.45, 7) is 8.28. The van der Waals surface area contributed by atoms with E-state index in [9.17, 15) is 8.42 Å². The molecule has 0 N–H and O–H groups in total. The van der Waals surface area contributed by atoms with Gasteiger partial charge in [-0.1, -0.05) is 32.0 Å². The van der Waals surface area contributed by atoms with Gasteiger partial charge in [-0.05, 0) is 25.0 Å². The molecule has 0 atom stereocenters. The van der Waals surface area contributed by atoms with Crippen LogP contribution in [0.3, 0.4) is 0 Å². The van der Waals surface area contributed by atoms with Crippen LogP contribution in [0.4, 0.5) is 5.69 Å². The highest BCUT2D eigenvalue weighted by Gasteiger charge is 2.35. The highest BCUT2D eigenvalue weighted by molar-refractivity contribution is 7.89. The average Bonchev–Trinajstić information content (AvgIpc) is 3.18. The maximum Gasteiger partial charge on any atom is 0.261 e. The number of hydrogen-bond donors (Lipinski definition) is 0. The lowest BCUT2D eigenvalue weighted by Crippen LogP contribution is -2.49. The number of thiazole rings is 1. The van der Waals surface area contributed by atoms with E-state index in [1.54, 1.807) is 8.71 Å². The summed E-state index contributed by atoms with van der Waals surface area (Å²) >= 11 is 1.53. The van der Waals surface area contributed by atoms with E-state index in [1.807, 2.05) is 45.2 Å². The van der Waals surface area contributed by atoms with Crippen molar-refractivity contribution in [3.8, 4) is 0 Å². The zero-order valence-electron chi connectivity index (χ0n) is 15.8. The molecule has 1 aliphatic rings. The van der Waals surface area contributed by atoms with Crippen molar-refractivity contribution in [3.05, 3.63) is 47.1 Å². The molecule has 0 amide bonds. The third-order valence-corrected chi connectivity index (χ3v) is 7.75. The Morgan fingerprint density at radius 3 is 2.37 bits per heavy atom. The molecule has 0 aliphatic carbocycles. The first kappa shape index (κ1) is 18.5. The molecule has 6 nitrogen and oxygen atoms in total. The van der Waals surface area contributed by atoms with Crippen LogP contribution in [-0.2, 0) is 10.0 Å². The normalized spacial score (nSPS) is 16.5. The Balaban J connectivity index is 1.65. The van der Waals surface area contributed by atoms with E-state index in [0.29, 0.717) is 36.9 Å². The number of para-hydroxylation sites is 1. The van der Waals surface area contributed by atoms with Crippen LogP contribution in [-0.4, -0.2) is 48.3 Å². The third-order valence-electron chi connectivity index (χ3n) is 4.91. The van der Waals surface area contributed by atoms with E-state index >= 15 is 0 Å². The first-order valence-corrected chi connectivity index (χ1v) is 11.4. The van der Waals surface area contributed by atoms with Gasteiger partial charge in [0, 0.05) is 42.9 Å². The average molecular weight is 405 g/mol. The Morgan fingerprint density at radius 1 is 1.07 bits per heavy atom. The second-order valence-electron chi connectivity index (χ2n) is 7.18. The molecule has 1 fully saturated rings. The summed E-state index contributed by atoms with van der Waals surface area (Å²) in [6.07, 6.45) is 1.88. The van der Waals surface area contributed by atoms with Gasteiger partial charge in [-0.2, -0.15) is 4.31 Å². The van der Waals surface area contributed by atoms with Crippen molar-refractivity contribution < 1.29 is 8.42 Å². The molecule has 0 radical (unpaired) electrons.